The summed E-state index contributed by atoms with van der Waals surface area (Å²) in [6, 6.07) is 18.5. The Labute approximate surface area is 183 Å². The highest BCUT2D eigenvalue weighted by atomic mass is 16.6. The second kappa shape index (κ2) is 7.99. The quantitative estimate of drug-likeness (QED) is 0.283. The number of aromatic nitrogens is 4. The minimum atomic E-state index is -0.417. The smallest absolute Gasteiger partial charge is 0.313 e. The van der Waals surface area contributed by atoms with Crippen LogP contribution in [0.1, 0.15) is 11.1 Å². The van der Waals surface area contributed by atoms with Gasteiger partial charge in [-0.3, -0.25) is 19.8 Å². The van der Waals surface area contributed by atoms with E-state index in [1.807, 2.05) is 70.8 Å². The summed E-state index contributed by atoms with van der Waals surface area (Å²) in [7, 11) is 0. The van der Waals surface area contributed by atoms with Gasteiger partial charge in [0, 0.05) is 36.3 Å². The van der Waals surface area contributed by atoms with Crippen LogP contribution in [0.5, 0.6) is 5.75 Å². The second-order valence-corrected chi connectivity index (χ2v) is 7.33. The first-order valence-corrected chi connectivity index (χ1v) is 10.0. The minimum absolute atomic E-state index is 0.0913. The van der Waals surface area contributed by atoms with Gasteiger partial charge in [-0.1, -0.05) is 36.4 Å². The van der Waals surface area contributed by atoms with Gasteiger partial charge >= 0.3 is 5.69 Å². The SMILES string of the molecule is Cc1ccc([N+](=O)[O-])c(OCc2ccccc2)c1-n1ccc2ncc(-c3cccnc3)n21. The van der Waals surface area contributed by atoms with E-state index in [2.05, 4.69) is 9.97 Å². The van der Waals surface area contributed by atoms with Crippen LogP contribution in [0.4, 0.5) is 5.69 Å². The number of ether oxygens (including phenoxy) is 1. The maximum atomic E-state index is 11.9. The first-order chi connectivity index (χ1) is 15.6. The van der Waals surface area contributed by atoms with Gasteiger partial charge in [-0.15, -0.1) is 0 Å². The van der Waals surface area contributed by atoms with Crippen molar-refractivity contribution in [1.29, 1.82) is 0 Å². The van der Waals surface area contributed by atoms with Gasteiger partial charge in [0.25, 0.3) is 0 Å². The number of hydrogen-bond donors (Lipinski definition) is 0. The third-order valence-electron chi connectivity index (χ3n) is 5.27. The summed E-state index contributed by atoms with van der Waals surface area (Å²) in [5.41, 5.74) is 4.67. The fourth-order valence-electron chi connectivity index (χ4n) is 3.75. The molecule has 0 bridgehead atoms. The van der Waals surface area contributed by atoms with Crippen LogP contribution in [0.3, 0.4) is 0 Å². The van der Waals surface area contributed by atoms with Crippen molar-refractivity contribution < 1.29 is 9.66 Å². The highest BCUT2D eigenvalue weighted by Crippen LogP contribution is 2.37. The third kappa shape index (κ3) is 3.37. The van der Waals surface area contributed by atoms with E-state index in [4.69, 9.17) is 4.74 Å². The Morgan fingerprint density at radius 1 is 1.03 bits per heavy atom. The van der Waals surface area contributed by atoms with Gasteiger partial charge in [0.15, 0.2) is 5.65 Å². The topological polar surface area (TPSA) is 87.5 Å². The van der Waals surface area contributed by atoms with E-state index in [-0.39, 0.29) is 18.0 Å². The average Bonchev–Trinajstić information content (AvgIpc) is 3.41. The van der Waals surface area contributed by atoms with Crippen molar-refractivity contribution >= 4 is 11.3 Å². The molecule has 0 atom stereocenters. The molecule has 0 fully saturated rings. The van der Waals surface area contributed by atoms with Crippen LogP contribution in [0.15, 0.2) is 85.5 Å². The Kier molecular flexibility index (Phi) is 4.87. The highest BCUT2D eigenvalue weighted by Gasteiger charge is 2.24. The van der Waals surface area contributed by atoms with Gasteiger partial charge in [0.2, 0.25) is 5.75 Å². The molecule has 158 valence electrons. The van der Waals surface area contributed by atoms with Crippen molar-refractivity contribution in [3.05, 3.63) is 107 Å². The van der Waals surface area contributed by atoms with Crippen LogP contribution >= 0.6 is 0 Å². The first kappa shape index (κ1) is 19.5. The van der Waals surface area contributed by atoms with E-state index in [1.165, 1.54) is 6.07 Å². The summed E-state index contributed by atoms with van der Waals surface area (Å²) in [5, 5.41) is 11.9. The fraction of sp³-hybridized carbons (Fsp3) is 0.0833. The average molecular weight is 425 g/mol. The fourth-order valence-corrected chi connectivity index (χ4v) is 3.75. The van der Waals surface area contributed by atoms with Crippen LogP contribution in [0.25, 0.3) is 22.6 Å². The molecule has 5 rings (SSSR count). The molecule has 0 radical (unpaired) electrons. The zero-order valence-electron chi connectivity index (χ0n) is 17.3. The molecule has 8 nitrogen and oxygen atoms in total. The van der Waals surface area contributed by atoms with Gasteiger partial charge in [-0.2, -0.15) is 0 Å². The largest absolute Gasteiger partial charge is 0.480 e. The lowest BCUT2D eigenvalue weighted by Crippen LogP contribution is -2.10. The van der Waals surface area contributed by atoms with E-state index in [0.717, 1.165) is 22.4 Å². The molecule has 3 heterocycles. The maximum absolute atomic E-state index is 11.9. The summed E-state index contributed by atoms with van der Waals surface area (Å²) >= 11 is 0. The standard InChI is InChI=1S/C24H19N5O3/c1-17-9-10-20(29(30)31)24(32-16-18-6-3-2-4-7-18)23(17)27-13-11-22-26-15-21(28(22)27)19-8-5-12-25-14-19/h2-15H,16H2,1H3. The molecule has 0 aliphatic carbocycles. The molecule has 0 saturated carbocycles. The number of pyridine rings is 1. The van der Waals surface area contributed by atoms with Crippen LogP contribution in [0.2, 0.25) is 0 Å². The highest BCUT2D eigenvalue weighted by molar-refractivity contribution is 5.67. The van der Waals surface area contributed by atoms with E-state index in [1.54, 1.807) is 24.7 Å². The Morgan fingerprint density at radius 2 is 1.88 bits per heavy atom. The van der Waals surface area contributed by atoms with Crippen LogP contribution in [-0.2, 0) is 6.61 Å². The summed E-state index contributed by atoms with van der Waals surface area (Å²) in [4.78, 5) is 20.1. The monoisotopic (exact) mass is 425 g/mol. The minimum Gasteiger partial charge on any atom is -0.480 e. The predicted molar refractivity (Wildman–Crippen MR) is 120 cm³/mol. The first-order valence-electron chi connectivity index (χ1n) is 10.0. The summed E-state index contributed by atoms with van der Waals surface area (Å²) < 4.78 is 9.82. The van der Waals surface area contributed by atoms with E-state index >= 15 is 0 Å². The molecule has 0 spiro atoms. The van der Waals surface area contributed by atoms with Gasteiger partial charge in [-0.25, -0.2) is 9.50 Å². The Morgan fingerprint density at radius 3 is 2.62 bits per heavy atom. The Bertz CT molecular complexity index is 1410. The number of fused-ring (bicyclic) bond motifs is 1. The molecule has 0 aliphatic rings. The van der Waals surface area contributed by atoms with Gasteiger partial charge in [0.05, 0.1) is 16.8 Å². The number of nitrogens with zero attached hydrogens (tertiary/aromatic N) is 5. The van der Waals surface area contributed by atoms with E-state index < -0.39 is 4.92 Å². The maximum Gasteiger partial charge on any atom is 0.313 e. The third-order valence-corrected chi connectivity index (χ3v) is 5.27. The molecule has 0 N–H and O–H groups in total. The molecule has 0 unspecified atom stereocenters. The Hall–Kier alpha value is -4.46. The number of aryl methyl sites for hydroxylation is 1. The molecular formula is C24H19N5O3. The summed E-state index contributed by atoms with van der Waals surface area (Å²) in [5.74, 6) is 0.210. The van der Waals surface area contributed by atoms with Crippen molar-refractivity contribution in [2.24, 2.45) is 0 Å². The van der Waals surface area contributed by atoms with Crippen molar-refractivity contribution in [2.45, 2.75) is 13.5 Å². The number of imidazole rings is 1. The summed E-state index contributed by atoms with van der Waals surface area (Å²) in [6.07, 6.45) is 7.07. The lowest BCUT2D eigenvalue weighted by Gasteiger charge is -2.17. The number of hydrogen-bond acceptors (Lipinski definition) is 5. The van der Waals surface area contributed by atoms with Gasteiger partial charge < -0.3 is 4.74 Å². The number of nitro benzene ring substituents is 1. The number of benzene rings is 2. The second-order valence-electron chi connectivity index (χ2n) is 7.33. The number of rotatable bonds is 6. The molecule has 8 heteroatoms. The van der Waals surface area contributed by atoms with Crippen LogP contribution < -0.4 is 4.74 Å². The van der Waals surface area contributed by atoms with Gasteiger partial charge in [-0.05, 0) is 30.2 Å². The predicted octanol–water partition coefficient (Wildman–Crippen LogP) is 4.98. The molecule has 2 aromatic carbocycles. The van der Waals surface area contributed by atoms with Crippen molar-refractivity contribution in [2.75, 3.05) is 0 Å². The Balaban J connectivity index is 1.70. The van der Waals surface area contributed by atoms with Crippen molar-refractivity contribution in [3.8, 4) is 22.7 Å². The molecular weight excluding hydrogens is 406 g/mol. The van der Waals surface area contributed by atoms with Crippen molar-refractivity contribution in [1.82, 2.24) is 19.2 Å². The van der Waals surface area contributed by atoms with Crippen LogP contribution in [-0.4, -0.2) is 24.1 Å². The number of nitro groups is 1. The zero-order chi connectivity index (χ0) is 22.1. The molecule has 32 heavy (non-hydrogen) atoms. The van der Waals surface area contributed by atoms with E-state index in [9.17, 15) is 10.1 Å². The molecule has 0 amide bonds. The van der Waals surface area contributed by atoms with Crippen LogP contribution in [0, 0.1) is 17.0 Å². The molecule has 0 aliphatic heterocycles. The zero-order valence-corrected chi connectivity index (χ0v) is 17.3. The summed E-state index contributed by atoms with van der Waals surface area (Å²) in [6.45, 7) is 2.11. The van der Waals surface area contributed by atoms with Gasteiger partial charge in [0.1, 0.15) is 12.3 Å². The molecule has 0 saturated heterocycles. The van der Waals surface area contributed by atoms with E-state index in [0.29, 0.717) is 11.3 Å². The lowest BCUT2D eigenvalue weighted by atomic mass is 10.1. The molecule has 5 aromatic rings. The lowest BCUT2D eigenvalue weighted by molar-refractivity contribution is -0.385. The van der Waals surface area contributed by atoms with Crippen molar-refractivity contribution in [3.63, 3.8) is 0 Å². The normalized spacial score (nSPS) is 11.0. The molecule has 3 aromatic heterocycles.